The predicted molar refractivity (Wildman–Crippen MR) is 376 cm³/mol. The molecule has 1 amide bonds. The molecule has 0 radical (unpaired) electrons. The Morgan fingerprint density at radius 3 is 0.791 bits per heavy atom. The third-order valence-corrected chi connectivity index (χ3v) is 19.8. The van der Waals surface area contributed by atoms with Crippen LogP contribution in [0.2, 0.25) is 0 Å². The number of phosphoric ester groups is 1. The minimum atomic E-state index is -4.58. The van der Waals surface area contributed by atoms with Crippen molar-refractivity contribution < 1.29 is 32.9 Å². The normalized spacial score (nSPS) is 13.4. The van der Waals surface area contributed by atoms with E-state index in [0.717, 1.165) is 38.5 Å². The van der Waals surface area contributed by atoms with Gasteiger partial charge in [0, 0.05) is 6.42 Å². The van der Waals surface area contributed by atoms with Gasteiger partial charge >= 0.3 is 0 Å². The number of nitrogens with one attached hydrogen (secondary N) is 1. The number of hydrogen-bond acceptors (Lipinski definition) is 6. The van der Waals surface area contributed by atoms with Crippen LogP contribution in [0, 0.1) is 0 Å². The summed E-state index contributed by atoms with van der Waals surface area (Å²) >= 11 is 0. The highest BCUT2D eigenvalue weighted by Gasteiger charge is 2.24. The lowest BCUT2D eigenvalue weighted by Gasteiger charge is -2.30. The molecule has 3 atom stereocenters. The number of amides is 1. The molecule has 0 aliphatic rings. The Morgan fingerprint density at radius 2 is 0.570 bits per heavy atom. The second-order valence-electron chi connectivity index (χ2n) is 28.8. The van der Waals surface area contributed by atoms with E-state index in [2.05, 4.69) is 19.2 Å². The van der Waals surface area contributed by atoms with Crippen molar-refractivity contribution in [2.75, 3.05) is 40.9 Å². The molecule has 86 heavy (non-hydrogen) atoms. The van der Waals surface area contributed by atoms with Crippen molar-refractivity contribution in [1.29, 1.82) is 0 Å². The number of phosphoric acid groups is 1. The average Bonchev–Trinajstić information content (AvgIpc) is 3.70. The minimum absolute atomic E-state index is 0.0171. The quantitative estimate of drug-likeness (QED) is 0.0357. The topological polar surface area (TPSA) is 108 Å². The fourth-order valence-corrected chi connectivity index (χ4v) is 13.5. The molecule has 0 aromatic carbocycles. The largest absolute Gasteiger partial charge is 0.756 e. The van der Waals surface area contributed by atoms with Gasteiger partial charge in [-0.25, -0.2) is 0 Å². The Balaban J connectivity index is 3.89. The van der Waals surface area contributed by atoms with Gasteiger partial charge in [-0.15, -0.1) is 0 Å². The molecule has 0 aromatic heterocycles. The summed E-state index contributed by atoms with van der Waals surface area (Å²) in [7, 11) is 1.33. The van der Waals surface area contributed by atoms with Crippen LogP contribution in [0.4, 0.5) is 0 Å². The number of quaternary nitrogens is 1. The zero-order chi connectivity index (χ0) is 62.6. The molecule has 0 aliphatic carbocycles. The Hall–Kier alpha value is -0.500. The maximum atomic E-state index is 13.1. The van der Waals surface area contributed by atoms with Crippen LogP contribution < -0.4 is 10.2 Å². The van der Waals surface area contributed by atoms with Gasteiger partial charge in [-0.2, -0.15) is 0 Å². The van der Waals surface area contributed by atoms with Crippen molar-refractivity contribution in [2.45, 2.75) is 450 Å². The molecule has 0 rings (SSSR count). The Bertz CT molecular complexity index is 1360. The summed E-state index contributed by atoms with van der Waals surface area (Å²) < 4.78 is 23.6. The summed E-state index contributed by atoms with van der Waals surface area (Å²) in [5.74, 6) is -0.152. The first-order valence-electron chi connectivity index (χ1n) is 39.4. The van der Waals surface area contributed by atoms with E-state index in [1.54, 1.807) is 0 Å². The summed E-state index contributed by atoms with van der Waals surface area (Å²) in [6.45, 7) is 4.81. The maximum Gasteiger partial charge on any atom is 0.268 e. The number of aliphatic hydroxyl groups excluding tert-OH is 1. The zero-order valence-corrected chi connectivity index (χ0v) is 60.2. The first kappa shape index (κ1) is 85.5. The summed E-state index contributed by atoms with van der Waals surface area (Å²) in [4.78, 5) is 25.7. The molecule has 0 aliphatic heterocycles. The third-order valence-electron chi connectivity index (χ3n) is 18.8. The van der Waals surface area contributed by atoms with Gasteiger partial charge in [-0.05, 0) is 12.8 Å². The average molecular weight is 1240 g/mol. The Kier molecular flexibility index (Phi) is 68.5. The molecule has 0 aromatic rings. The Labute approximate surface area is 540 Å². The second kappa shape index (κ2) is 68.9. The monoisotopic (exact) mass is 1240 g/mol. The molecule has 0 saturated carbocycles. The van der Waals surface area contributed by atoms with Crippen LogP contribution >= 0.6 is 7.82 Å². The summed E-state index contributed by atoms with van der Waals surface area (Å²) in [6.07, 6.45) is 88.0. The molecular weight excluding hydrogens is 1080 g/mol. The van der Waals surface area contributed by atoms with E-state index in [4.69, 9.17) is 9.05 Å². The number of hydrogen-bond donors (Lipinski definition) is 2. The summed E-state index contributed by atoms with van der Waals surface area (Å²) in [5, 5.41) is 14.1. The first-order valence-corrected chi connectivity index (χ1v) is 40.8. The highest BCUT2D eigenvalue weighted by Crippen LogP contribution is 2.38. The van der Waals surface area contributed by atoms with Crippen molar-refractivity contribution in [3.63, 3.8) is 0 Å². The Morgan fingerprint density at radius 1 is 0.360 bits per heavy atom. The highest BCUT2D eigenvalue weighted by atomic mass is 31.2. The molecule has 0 heterocycles. The van der Waals surface area contributed by atoms with Gasteiger partial charge in [0.05, 0.1) is 39.9 Å². The van der Waals surface area contributed by atoms with Gasteiger partial charge in [0.2, 0.25) is 5.91 Å². The van der Waals surface area contributed by atoms with Gasteiger partial charge in [-0.3, -0.25) is 9.36 Å². The number of aliphatic hydroxyl groups is 1. The molecule has 0 fully saturated rings. The molecule has 0 saturated heterocycles. The standard InChI is InChI=1S/C77H157N2O6P/c1-6-8-10-12-14-16-18-20-22-24-26-28-30-32-34-36-37-38-39-40-41-42-43-45-47-49-51-53-55-57-59-61-63-65-67-69-71-77(81)78-75(74-85-86(82,83)84-73-72-79(3,4)5)76(80)70-68-66-64-62-60-58-56-54-52-50-48-46-44-35-33-31-29-27-25-23-21-19-17-15-13-11-9-7-2/h75-76,80H,6-74H2,1-5H3,(H-,78,81,82,83). The van der Waals surface area contributed by atoms with E-state index in [1.165, 1.54) is 372 Å². The van der Waals surface area contributed by atoms with Crippen LogP contribution in [0.25, 0.3) is 0 Å². The number of carbonyl (C=O) groups excluding carboxylic acids is 1. The lowest BCUT2D eigenvalue weighted by Crippen LogP contribution is -2.46. The molecule has 9 heteroatoms. The van der Waals surface area contributed by atoms with E-state index >= 15 is 0 Å². The molecule has 516 valence electrons. The van der Waals surface area contributed by atoms with Crippen LogP contribution in [-0.4, -0.2) is 68.5 Å². The van der Waals surface area contributed by atoms with Crippen molar-refractivity contribution >= 4 is 13.7 Å². The van der Waals surface area contributed by atoms with Crippen LogP contribution in [-0.2, 0) is 18.4 Å². The maximum absolute atomic E-state index is 13.1. The van der Waals surface area contributed by atoms with Crippen LogP contribution in [0.5, 0.6) is 0 Å². The van der Waals surface area contributed by atoms with Crippen molar-refractivity contribution in [3.8, 4) is 0 Å². The number of nitrogens with zero attached hydrogens (tertiary/aromatic N) is 1. The zero-order valence-electron chi connectivity index (χ0n) is 59.3. The summed E-state index contributed by atoms with van der Waals surface area (Å²) in [5.41, 5.74) is 0. The van der Waals surface area contributed by atoms with Gasteiger partial charge < -0.3 is 28.8 Å². The molecule has 0 spiro atoms. The number of unbranched alkanes of at least 4 members (excludes halogenated alkanes) is 62. The van der Waals surface area contributed by atoms with Gasteiger partial charge in [-0.1, -0.05) is 418 Å². The smallest absolute Gasteiger partial charge is 0.268 e. The van der Waals surface area contributed by atoms with E-state index in [0.29, 0.717) is 23.9 Å². The van der Waals surface area contributed by atoms with Crippen molar-refractivity contribution in [3.05, 3.63) is 0 Å². The highest BCUT2D eigenvalue weighted by molar-refractivity contribution is 7.45. The molecule has 0 bridgehead atoms. The predicted octanol–water partition coefficient (Wildman–Crippen LogP) is 24.8. The van der Waals surface area contributed by atoms with Crippen LogP contribution in [0.15, 0.2) is 0 Å². The first-order chi connectivity index (χ1) is 42.0. The lowest BCUT2D eigenvalue weighted by molar-refractivity contribution is -0.870. The number of likely N-dealkylation sites (N-methyl/N-ethyl adjacent to an activating group) is 1. The number of rotatable bonds is 75. The lowest BCUT2D eigenvalue weighted by atomic mass is 10.0. The molecule has 8 nitrogen and oxygen atoms in total. The van der Waals surface area contributed by atoms with Crippen LogP contribution in [0.3, 0.4) is 0 Å². The summed E-state index contributed by atoms with van der Waals surface area (Å²) in [6, 6.07) is -0.798. The SMILES string of the molecule is CCCCCCCCCCCCCCCCCCCCCCCCCCCCCCCCCCCCCCC(=O)NC(COP(=O)([O-])OCC[N+](C)(C)C)C(O)CCCCCCCCCCCCCCCCCCCCCCCCCCCCCC. The van der Waals surface area contributed by atoms with Gasteiger partial charge in [0.1, 0.15) is 13.2 Å². The molecular formula is C77H157N2O6P. The molecule has 2 N–H and O–H groups in total. The van der Waals surface area contributed by atoms with Crippen LogP contribution in [0.1, 0.15) is 438 Å². The minimum Gasteiger partial charge on any atom is -0.756 e. The van der Waals surface area contributed by atoms with Crippen molar-refractivity contribution in [1.82, 2.24) is 5.32 Å². The van der Waals surface area contributed by atoms with E-state index in [9.17, 15) is 19.4 Å². The molecule has 3 unspecified atom stereocenters. The fraction of sp³-hybridized carbons (Fsp3) is 0.987. The second-order valence-corrected chi connectivity index (χ2v) is 30.2. The van der Waals surface area contributed by atoms with E-state index in [1.807, 2.05) is 21.1 Å². The number of carbonyl (C=O) groups is 1. The third kappa shape index (κ3) is 70.9. The van der Waals surface area contributed by atoms with Gasteiger partial charge in [0.25, 0.3) is 7.82 Å². The fourth-order valence-electron chi connectivity index (χ4n) is 12.8. The van der Waals surface area contributed by atoms with Gasteiger partial charge in [0.15, 0.2) is 0 Å². The van der Waals surface area contributed by atoms with E-state index < -0.39 is 20.0 Å². The van der Waals surface area contributed by atoms with E-state index in [-0.39, 0.29) is 19.1 Å². The van der Waals surface area contributed by atoms with Crippen molar-refractivity contribution in [2.24, 2.45) is 0 Å².